The van der Waals surface area contributed by atoms with E-state index < -0.39 is 0 Å². The Kier molecular flexibility index (Phi) is 3.48. The summed E-state index contributed by atoms with van der Waals surface area (Å²) in [6.45, 7) is 2.48. The van der Waals surface area contributed by atoms with Gasteiger partial charge < -0.3 is 20.8 Å². The molecule has 0 fully saturated rings. The minimum Gasteiger partial charge on any atom is -0.382 e. The van der Waals surface area contributed by atoms with Gasteiger partial charge in [0.15, 0.2) is 5.82 Å². The highest BCUT2D eigenvalue weighted by Gasteiger charge is 2.28. The van der Waals surface area contributed by atoms with Crippen LogP contribution in [0.25, 0.3) is 11.0 Å². The minimum atomic E-state index is 0.0603. The van der Waals surface area contributed by atoms with Gasteiger partial charge in [-0.2, -0.15) is 0 Å². The van der Waals surface area contributed by atoms with Crippen LogP contribution in [0, 0.1) is 0 Å². The zero-order chi connectivity index (χ0) is 15.1. The van der Waals surface area contributed by atoms with Crippen molar-refractivity contribution in [2.75, 3.05) is 25.4 Å². The molecule has 1 atom stereocenters. The molecule has 0 bridgehead atoms. The van der Waals surface area contributed by atoms with Gasteiger partial charge in [0.05, 0.1) is 12.1 Å². The first-order valence-electron chi connectivity index (χ1n) is 7.99. The minimum absolute atomic E-state index is 0.0603. The van der Waals surface area contributed by atoms with E-state index in [1.165, 1.54) is 18.4 Å². The summed E-state index contributed by atoms with van der Waals surface area (Å²) in [4.78, 5) is 9.29. The van der Waals surface area contributed by atoms with E-state index in [-0.39, 0.29) is 6.17 Å². The average molecular weight is 302 g/mol. The van der Waals surface area contributed by atoms with Gasteiger partial charge in [-0.3, -0.25) is 5.32 Å². The van der Waals surface area contributed by atoms with Crippen molar-refractivity contribution >= 4 is 16.9 Å². The average Bonchev–Trinajstić information content (AvgIpc) is 2.94. The molecule has 1 aliphatic carbocycles. The van der Waals surface area contributed by atoms with Crippen LogP contribution in [0.15, 0.2) is 0 Å². The maximum Gasteiger partial charge on any atom is 0.151 e. The molecular formula is C15H22N6O. The van der Waals surface area contributed by atoms with E-state index >= 15 is 0 Å². The molecular weight excluding hydrogens is 280 g/mol. The lowest BCUT2D eigenvalue weighted by atomic mass is 9.95. The second-order valence-corrected chi connectivity index (χ2v) is 6.00. The molecule has 4 rings (SSSR count). The van der Waals surface area contributed by atoms with E-state index in [4.69, 9.17) is 21.2 Å². The molecule has 7 nitrogen and oxygen atoms in total. The Morgan fingerprint density at radius 1 is 1.27 bits per heavy atom. The third-order valence-electron chi connectivity index (χ3n) is 4.55. The van der Waals surface area contributed by atoms with Crippen LogP contribution in [0.4, 0.5) is 5.82 Å². The molecule has 22 heavy (non-hydrogen) atoms. The molecule has 7 heteroatoms. The molecule has 0 saturated carbocycles. The highest BCUT2D eigenvalue weighted by Crippen LogP contribution is 2.34. The van der Waals surface area contributed by atoms with Crippen molar-refractivity contribution in [1.29, 1.82) is 0 Å². The Morgan fingerprint density at radius 3 is 3.00 bits per heavy atom. The molecule has 0 spiro atoms. The van der Waals surface area contributed by atoms with Crippen LogP contribution in [-0.4, -0.2) is 34.2 Å². The number of hydrogen-bond acceptors (Lipinski definition) is 6. The Hall–Kier alpha value is -1.70. The molecule has 0 aromatic carbocycles. The number of pyridine rings is 1. The van der Waals surface area contributed by atoms with Gasteiger partial charge in [-0.25, -0.2) is 9.97 Å². The van der Waals surface area contributed by atoms with Crippen LogP contribution in [0.5, 0.6) is 0 Å². The first-order chi connectivity index (χ1) is 10.8. The topological polar surface area (TPSA) is 104 Å². The number of imidazole rings is 1. The molecule has 2 aliphatic rings. The van der Waals surface area contributed by atoms with Crippen LogP contribution >= 0.6 is 0 Å². The van der Waals surface area contributed by atoms with Crippen LogP contribution in [0.1, 0.15) is 36.1 Å². The number of nitrogens with zero attached hydrogens (tertiary/aromatic N) is 3. The van der Waals surface area contributed by atoms with Crippen molar-refractivity contribution in [2.24, 2.45) is 5.73 Å². The van der Waals surface area contributed by atoms with Crippen molar-refractivity contribution in [3.05, 3.63) is 17.1 Å². The quantitative estimate of drug-likeness (QED) is 0.761. The number of aryl methyl sites for hydroxylation is 2. The predicted octanol–water partition coefficient (Wildman–Crippen LogP) is 0.469. The van der Waals surface area contributed by atoms with E-state index in [0.29, 0.717) is 25.6 Å². The number of fused-ring (bicyclic) bond motifs is 5. The second-order valence-electron chi connectivity index (χ2n) is 6.00. The van der Waals surface area contributed by atoms with Crippen molar-refractivity contribution in [3.63, 3.8) is 0 Å². The fourth-order valence-corrected chi connectivity index (χ4v) is 3.59. The van der Waals surface area contributed by atoms with E-state index in [0.717, 1.165) is 41.9 Å². The van der Waals surface area contributed by atoms with Gasteiger partial charge in [-0.05, 0) is 31.2 Å². The lowest BCUT2D eigenvalue weighted by molar-refractivity contribution is 0.0457. The number of ether oxygens (including phenoxy) is 1. The molecule has 1 aliphatic heterocycles. The smallest absolute Gasteiger partial charge is 0.151 e. The summed E-state index contributed by atoms with van der Waals surface area (Å²) >= 11 is 0. The molecule has 0 radical (unpaired) electrons. The van der Waals surface area contributed by atoms with E-state index in [1.807, 2.05) is 0 Å². The van der Waals surface area contributed by atoms with Gasteiger partial charge in [0.25, 0.3) is 0 Å². The molecule has 0 unspecified atom stereocenters. The lowest BCUT2D eigenvalue weighted by Gasteiger charge is -2.28. The summed E-state index contributed by atoms with van der Waals surface area (Å²) in [7, 11) is 0. The van der Waals surface area contributed by atoms with Gasteiger partial charge >= 0.3 is 0 Å². The number of aromatic nitrogens is 3. The first-order valence-corrected chi connectivity index (χ1v) is 7.99. The van der Waals surface area contributed by atoms with E-state index in [1.54, 1.807) is 0 Å². The molecule has 2 aromatic heterocycles. The number of rotatable bonds is 3. The molecule has 2 aromatic rings. The number of nitrogens with one attached hydrogen (secondary N) is 1. The van der Waals surface area contributed by atoms with Crippen LogP contribution < -0.4 is 16.8 Å². The summed E-state index contributed by atoms with van der Waals surface area (Å²) in [5, 5.41) is 3.44. The molecule has 0 saturated heterocycles. The first kappa shape index (κ1) is 13.9. The summed E-state index contributed by atoms with van der Waals surface area (Å²) in [5.74, 6) is 1.46. The number of anilines is 1. The summed E-state index contributed by atoms with van der Waals surface area (Å²) in [5.41, 5.74) is 16.2. The highest BCUT2D eigenvalue weighted by atomic mass is 16.5. The summed E-state index contributed by atoms with van der Waals surface area (Å²) in [6.07, 6.45) is 4.50. The third-order valence-corrected chi connectivity index (χ3v) is 4.55. The Bertz CT molecular complexity index is 710. The second kappa shape index (κ2) is 5.49. The van der Waals surface area contributed by atoms with Crippen molar-refractivity contribution in [3.8, 4) is 0 Å². The van der Waals surface area contributed by atoms with Gasteiger partial charge in [-0.1, -0.05) is 0 Å². The molecule has 0 amide bonds. The normalized spacial score (nSPS) is 20.9. The Labute approximate surface area is 129 Å². The number of nitrogens with two attached hydrogens (primary N) is 2. The third kappa shape index (κ3) is 2.08. The van der Waals surface area contributed by atoms with Crippen LogP contribution in [0.3, 0.4) is 0 Å². The standard InChI is InChI=1S/C15H22N6O/c16-5-6-18-11-7-22-8-12-20-13-14(21(11)12)9-3-1-2-4-10(9)19-15(13)17/h11,18H,1-8,16H2,(H2,17,19)/t11-/m1/s1. The zero-order valence-electron chi connectivity index (χ0n) is 12.6. The van der Waals surface area contributed by atoms with E-state index in [2.05, 4.69) is 14.9 Å². The van der Waals surface area contributed by atoms with Crippen LogP contribution in [0.2, 0.25) is 0 Å². The van der Waals surface area contributed by atoms with Gasteiger partial charge in [0, 0.05) is 18.8 Å². The van der Waals surface area contributed by atoms with Crippen molar-refractivity contribution in [2.45, 2.75) is 38.5 Å². The maximum atomic E-state index is 6.17. The Morgan fingerprint density at radius 2 is 2.14 bits per heavy atom. The molecule has 3 heterocycles. The zero-order valence-corrected chi connectivity index (χ0v) is 12.6. The number of hydrogen-bond donors (Lipinski definition) is 3. The predicted molar refractivity (Wildman–Crippen MR) is 84.3 cm³/mol. The molecule has 118 valence electrons. The fraction of sp³-hybridized carbons (Fsp3) is 0.600. The summed E-state index contributed by atoms with van der Waals surface area (Å²) in [6, 6.07) is 0. The lowest BCUT2D eigenvalue weighted by Crippen LogP contribution is -2.37. The SMILES string of the molecule is NCCN[C@H]1COCc2nc3c(N)nc4c(c3n21)CCCC4. The monoisotopic (exact) mass is 302 g/mol. The number of nitrogen functional groups attached to an aromatic ring is 1. The van der Waals surface area contributed by atoms with Gasteiger partial charge in [0.2, 0.25) is 0 Å². The largest absolute Gasteiger partial charge is 0.382 e. The van der Waals surface area contributed by atoms with Gasteiger partial charge in [-0.15, -0.1) is 0 Å². The Balaban J connectivity index is 1.92. The maximum absolute atomic E-state index is 6.17. The van der Waals surface area contributed by atoms with E-state index in [9.17, 15) is 0 Å². The summed E-state index contributed by atoms with van der Waals surface area (Å²) < 4.78 is 7.93. The molecule has 5 N–H and O–H groups in total. The van der Waals surface area contributed by atoms with Crippen molar-refractivity contribution in [1.82, 2.24) is 19.9 Å². The van der Waals surface area contributed by atoms with Crippen molar-refractivity contribution < 1.29 is 4.74 Å². The van der Waals surface area contributed by atoms with Crippen LogP contribution in [-0.2, 0) is 24.2 Å². The highest BCUT2D eigenvalue weighted by molar-refractivity contribution is 5.89. The fourth-order valence-electron chi connectivity index (χ4n) is 3.59. The van der Waals surface area contributed by atoms with Gasteiger partial charge in [0.1, 0.15) is 24.1 Å².